The minimum atomic E-state index is -0.375. The molecule has 2 heterocycles. The summed E-state index contributed by atoms with van der Waals surface area (Å²) in [6.45, 7) is 25.1. The normalized spacial score (nSPS) is 17.5. The van der Waals surface area contributed by atoms with Crippen LogP contribution in [0.25, 0.3) is 0 Å². The van der Waals surface area contributed by atoms with Gasteiger partial charge in [-0.1, -0.05) is 50.2 Å². The van der Waals surface area contributed by atoms with Gasteiger partial charge >= 0.3 is 6.09 Å². The molecule has 2 aliphatic heterocycles. The van der Waals surface area contributed by atoms with Crippen molar-refractivity contribution < 1.29 is 23.8 Å². The number of carbonyl (C=O) groups is 2. The number of carbonyl (C=O) groups excluding carboxylic acids is 2. The number of rotatable bonds is 5. The lowest BCUT2D eigenvalue weighted by Gasteiger charge is -2.32. The number of halogens is 1. The highest BCUT2D eigenvalue weighted by Crippen LogP contribution is 2.35. The average molecular weight is 647 g/mol. The van der Waals surface area contributed by atoms with Gasteiger partial charge in [0.15, 0.2) is 0 Å². The van der Waals surface area contributed by atoms with Crippen LogP contribution in [0.1, 0.15) is 98.1 Å². The van der Waals surface area contributed by atoms with E-state index in [2.05, 4.69) is 49.2 Å². The molecular formula is C37H59ClN2O5. The Hall–Kier alpha value is -2.90. The van der Waals surface area contributed by atoms with Crippen LogP contribution in [0.4, 0.5) is 4.79 Å². The van der Waals surface area contributed by atoms with Gasteiger partial charge in [0.1, 0.15) is 5.60 Å². The Morgan fingerprint density at radius 3 is 2.16 bits per heavy atom. The predicted octanol–water partition coefficient (Wildman–Crippen LogP) is 9.53. The first-order valence-electron chi connectivity index (χ1n) is 15.8. The molecule has 0 bridgehead atoms. The van der Waals surface area contributed by atoms with Crippen LogP contribution in [-0.2, 0) is 19.0 Å². The van der Waals surface area contributed by atoms with Gasteiger partial charge in [-0.2, -0.15) is 0 Å². The van der Waals surface area contributed by atoms with E-state index in [1.54, 1.807) is 7.11 Å². The molecule has 0 N–H and O–H groups in total. The average Bonchev–Trinajstić information content (AvgIpc) is 2.95. The Labute approximate surface area is 278 Å². The van der Waals surface area contributed by atoms with E-state index in [0.717, 1.165) is 56.3 Å². The molecule has 45 heavy (non-hydrogen) atoms. The molecule has 0 radical (unpaired) electrons. The van der Waals surface area contributed by atoms with Crippen LogP contribution in [0.2, 0.25) is 5.02 Å². The Bertz CT molecular complexity index is 1120. The first kappa shape index (κ1) is 42.1. The second-order valence-electron chi connectivity index (χ2n) is 13.1. The predicted molar refractivity (Wildman–Crippen MR) is 190 cm³/mol. The van der Waals surface area contributed by atoms with Crippen molar-refractivity contribution in [1.82, 2.24) is 4.90 Å². The van der Waals surface area contributed by atoms with Crippen LogP contribution in [0.3, 0.4) is 0 Å². The van der Waals surface area contributed by atoms with E-state index in [4.69, 9.17) is 25.9 Å². The van der Waals surface area contributed by atoms with Crippen molar-refractivity contribution in [3.8, 4) is 0 Å². The summed E-state index contributed by atoms with van der Waals surface area (Å²) >= 11 is 6.09. The largest absolute Gasteiger partial charge is 0.471 e. The molecule has 7 nitrogen and oxygen atoms in total. The Morgan fingerprint density at radius 2 is 1.71 bits per heavy atom. The number of amides is 1. The van der Waals surface area contributed by atoms with Crippen molar-refractivity contribution in [3.05, 3.63) is 70.3 Å². The summed E-state index contributed by atoms with van der Waals surface area (Å²) in [5.41, 5.74) is 4.92. The third kappa shape index (κ3) is 18.6. The Balaban J connectivity index is 0.000000691. The molecule has 1 aromatic carbocycles. The van der Waals surface area contributed by atoms with Crippen molar-refractivity contribution in [1.29, 1.82) is 0 Å². The number of piperidine rings is 1. The lowest BCUT2D eigenvalue weighted by molar-refractivity contribution is -0.126. The maximum absolute atomic E-state index is 11.6. The minimum Gasteiger partial charge on any atom is -0.471 e. The highest BCUT2D eigenvalue weighted by atomic mass is 35.5. The van der Waals surface area contributed by atoms with Crippen LogP contribution in [-0.4, -0.2) is 68.7 Å². The van der Waals surface area contributed by atoms with Crippen LogP contribution in [0, 0.1) is 12.8 Å². The number of allylic oxidation sites excluding steroid dienone is 4. The number of ether oxygens (including phenoxy) is 3. The van der Waals surface area contributed by atoms with E-state index in [0.29, 0.717) is 12.4 Å². The molecule has 254 valence electrons. The van der Waals surface area contributed by atoms with Crippen molar-refractivity contribution in [2.45, 2.75) is 105 Å². The summed E-state index contributed by atoms with van der Waals surface area (Å²) in [7, 11) is 3.02. The third-order valence-electron chi connectivity index (χ3n) is 7.17. The zero-order valence-corrected chi connectivity index (χ0v) is 30.5. The second kappa shape index (κ2) is 21.8. The number of benzene rings is 1. The van der Waals surface area contributed by atoms with Gasteiger partial charge in [-0.05, 0) is 121 Å². The van der Waals surface area contributed by atoms with Crippen molar-refractivity contribution in [2.75, 3.05) is 33.9 Å². The van der Waals surface area contributed by atoms with Crippen molar-refractivity contribution >= 4 is 30.4 Å². The van der Waals surface area contributed by atoms with Gasteiger partial charge in [0.25, 0.3) is 6.47 Å². The van der Waals surface area contributed by atoms with Crippen molar-refractivity contribution in [3.63, 3.8) is 0 Å². The molecular weight excluding hydrogens is 588 g/mol. The molecule has 1 saturated heterocycles. The van der Waals surface area contributed by atoms with E-state index in [1.165, 1.54) is 29.4 Å². The van der Waals surface area contributed by atoms with E-state index in [1.807, 2.05) is 76.9 Å². The standard InChI is InChI=1S/C19H22ClN.C11H21NO2.C5H12O.C2H4O2/c1-4-15-8-6-7-11-21-13-19(15)17(5-2)18-10-9-16(20)12-14(18)3;1-9-5-7-12(8-6-9)10(13)14-11(2,3)4;1-5(2,3)6-4;1-4-2-3/h4,6-7,9-12,17H,1,5,8,13H2,2-3H3;9H,5-8H2,1-4H3;1-4H3;2H,1H3/b7-6?,19-15+,21-11?;;;. The van der Waals surface area contributed by atoms with Gasteiger partial charge in [0.05, 0.1) is 19.3 Å². The topological polar surface area (TPSA) is 77.4 Å². The minimum absolute atomic E-state index is 0.0417. The van der Waals surface area contributed by atoms with Gasteiger partial charge in [-0.15, -0.1) is 0 Å². The number of hydrogen-bond acceptors (Lipinski definition) is 6. The summed E-state index contributed by atoms with van der Waals surface area (Å²) in [6.07, 6.45) is 12.0. The van der Waals surface area contributed by atoms with Crippen LogP contribution < -0.4 is 0 Å². The molecule has 0 spiro atoms. The smallest absolute Gasteiger partial charge is 0.410 e. The summed E-state index contributed by atoms with van der Waals surface area (Å²) in [5, 5.41) is 0.794. The number of aliphatic imine (C=N–C) groups is 1. The molecule has 1 aromatic rings. The summed E-state index contributed by atoms with van der Waals surface area (Å²) in [6, 6.07) is 6.17. The van der Waals surface area contributed by atoms with Crippen LogP contribution >= 0.6 is 11.6 Å². The summed E-state index contributed by atoms with van der Waals surface area (Å²) in [4.78, 5) is 26.9. The second-order valence-corrected chi connectivity index (χ2v) is 13.6. The number of nitrogens with zero attached hydrogens (tertiary/aromatic N) is 2. The molecule has 3 rings (SSSR count). The van der Waals surface area contributed by atoms with Gasteiger partial charge in [-0.3, -0.25) is 9.79 Å². The summed E-state index contributed by atoms with van der Waals surface area (Å²) in [5.74, 6) is 1.12. The fourth-order valence-corrected chi connectivity index (χ4v) is 4.68. The van der Waals surface area contributed by atoms with Gasteiger partial charge in [0.2, 0.25) is 0 Å². The molecule has 0 aliphatic carbocycles. The van der Waals surface area contributed by atoms with Crippen LogP contribution in [0.5, 0.6) is 0 Å². The lowest BCUT2D eigenvalue weighted by atomic mass is 9.83. The molecule has 1 amide bonds. The Morgan fingerprint density at radius 1 is 1.13 bits per heavy atom. The first-order chi connectivity index (χ1) is 21.0. The first-order valence-corrected chi connectivity index (χ1v) is 16.2. The number of hydrogen-bond donors (Lipinski definition) is 0. The summed E-state index contributed by atoms with van der Waals surface area (Å²) < 4.78 is 14.1. The van der Waals surface area contributed by atoms with Gasteiger partial charge in [-0.25, -0.2) is 4.79 Å². The molecule has 1 fully saturated rings. The zero-order valence-electron chi connectivity index (χ0n) is 29.7. The van der Waals surface area contributed by atoms with E-state index in [9.17, 15) is 4.79 Å². The molecule has 2 aliphatic rings. The van der Waals surface area contributed by atoms with E-state index in [-0.39, 0.29) is 17.3 Å². The monoisotopic (exact) mass is 646 g/mol. The third-order valence-corrected chi connectivity index (χ3v) is 7.40. The maximum Gasteiger partial charge on any atom is 0.410 e. The number of likely N-dealkylation sites (tertiary alicyclic amines) is 1. The molecule has 0 saturated carbocycles. The van der Waals surface area contributed by atoms with E-state index < -0.39 is 0 Å². The molecule has 0 aromatic heterocycles. The quantitative estimate of drug-likeness (QED) is 0.298. The number of methoxy groups -OCH3 is 2. The van der Waals surface area contributed by atoms with Crippen molar-refractivity contribution in [2.24, 2.45) is 10.9 Å². The van der Waals surface area contributed by atoms with Gasteiger partial charge in [0, 0.05) is 37.4 Å². The highest BCUT2D eigenvalue weighted by molar-refractivity contribution is 6.30. The Kier molecular flexibility index (Phi) is 20.4. The highest BCUT2D eigenvalue weighted by Gasteiger charge is 2.25. The SMILES string of the molecule is C=C/C1=C(\C(CC)c2ccc(Cl)cc2C)CN=CC=CC1.CC1CCN(C(=O)OC(C)(C)C)CC1.COC(C)(C)C.COC=O. The molecule has 8 heteroatoms. The lowest BCUT2D eigenvalue weighted by Crippen LogP contribution is -2.41. The maximum atomic E-state index is 11.6. The zero-order chi connectivity index (χ0) is 34.6. The van der Waals surface area contributed by atoms with Crippen LogP contribution in [0.15, 0.2) is 59.1 Å². The number of aryl methyl sites for hydroxylation is 1. The van der Waals surface area contributed by atoms with Gasteiger partial charge < -0.3 is 19.1 Å². The molecule has 1 atom stereocenters. The molecule has 1 unspecified atom stereocenters. The van der Waals surface area contributed by atoms with E-state index >= 15 is 0 Å². The fourth-order valence-electron chi connectivity index (χ4n) is 4.45. The fraction of sp³-hybridized carbons (Fsp3) is 0.595.